The van der Waals surface area contributed by atoms with Gasteiger partial charge in [0.2, 0.25) is 11.8 Å². The first-order chi connectivity index (χ1) is 12.3. The van der Waals surface area contributed by atoms with E-state index in [1.807, 2.05) is 0 Å². The van der Waals surface area contributed by atoms with Crippen molar-refractivity contribution in [2.45, 2.75) is 31.5 Å². The minimum atomic E-state index is -4.44. The lowest BCUT2D eigenvalue weighted by atomic mass is 10.0. The van der Waals surface area contributed by atoms with Gasteiger partial charge in [-0.25, -0.2) is 0 Å². The van der Waals surface area contributed by atoms with Gasteiger partial charge in [-0.1, -0.05) is 30.0 Å². The Morgan fingerprint density at radius 2 is 1.88 bits per heavy atom. The van der Waals surface area contributed by atoms with Crippen molar-refractivity contribution in [2.75, 3.05) is 18.8 Å². The monoisotopic (exact) mass is 386 g/mol. The van der Waals surface area contributed by atoms with Gasteiger partial charge in [0.1, 0.15) is 0 Å². The summed E-state index contributed by atoms with van der Waals surface area (Å²) in [5.74, 6) is -0.293. The molecular formula is C17H17F3N2O3S. The minimum absolute atomic E-state index is 0.105. The van der Waals surface area contributed by atoms with E-state index in [1.165, 1.54) is 17.0 Å². The summed E-state index contributed by atoms with van der Waals surface area (Å²) in [7, 11) is 0. The predicted molar refractivity (Wildman–Crippen MR) is 89.5 cm³/mol. The molecule has 0 aromatic heterocycles. The molecule has 2 saturated heterocycles. The molecule has 2 fully saturated rings. The molecule has 0 radical (unpaired) electrons. The van der Waals surface area contributed by atoms with Crippen LogP contribution >= 0.6 is 11.8 Å². The van der Waals surface area contributed by atoms with Crippen molar-refractivity contribution in [3.05, 3.63) is 35.4 Å². The summed E-state index contributed by atoms with van der Waals surface area (Å²) in [4.78, 5) is 38.7. The van der Waals surface area contributed by atoms with Crippen molar-refractivity contribution in [1.29, 1.82) is 0 Å². The number of likely N-dealkylation sites (tertiary alicyclic amines) is 1. The summed E-state index contributed by atoms with van der Waals surface area (Å²) in [6.45, 7) is 0.758. The minimum Gasteiger partial charge on any atom is -0.342 e. The fourth-order valence-electron chi connectivity index (χ4n) is 3.23. The van der Waals surface area contributed by atoms with E-state index in [0.717, 1.165) is 23.9 Å². The Bertz CT molecular complexity index is 714. The van der Waals surface area contributed by atoms with Crippen LogP contribution in [0.1, 0.15) is 24.0 Å². The molecule has 2 heterocycles. The van der Waals surface area contributed by atoms with Gasteiger partial charge in [0.15, 0.2) is 0 Å². The van der Waals surface area contributed by atoms with Crippen LogP contribution in [0, 0.1) is 0 Å². The Balaban J connectivity index is 1.57. The molecule has 3 rings (SSSR count). The van der Waals surface area contributed by atoms with Gasteiger partial charge in [0.05, 0.1) is 17.7 Å². The van der Waals surface area contributed by atoms with E-state index in [-0.39, 0.29) is 35.3 Å². The third-order valence-electron chi connectivity index (χ3n) is 4.58. The molecular weight excluding hydrogens is 369 g/mol. The van der Waals surface area contributed by atoms with Crippen LogP contribution in [-0.4, -0.2) is 51.7 Å². The Kier molecular flexibility index (Phi) is 5.27. The number of nitrogens with zero attached hydrogens (tertiary/aromatic N) is 2. The first-order valence-corrected chi connectivity index (χ1v) is 9.17. The standard InChI is InChI=1S/C17H17F3N2O3S/c18-17(19,20)12-3-1-2-11(8-12)9-14(23)21-6-4-13(5-7-21)22-15(24)10-26-16(22)25/h1-3,8,13H,4-7,9-10H2. The van der Waals surface area contributed by atoms with Crippen molar-refractivity contribution in [3.8, 4) is 0 Å². The number of amides is 3. The lowest BCUT2D eigenvalue weighted by molar-refractivity contribution is -0.138. The van der Waals surface area contributed by atoms with Crippen molar-refractivity contribution < 1.29 is 27.6 Å². The summed E-state index contributed by atoms with van der Waals surface area (Å²) in [5, 5.41) is -0.247. The molecule has 0 atom stereocenters. The second-order valence-electron chi connectivity index (χ2n) is 6.31. The lowest BCUT2D eigenvalue weighted by Crippen LogP contribution is -2.48. The molecule has 2 aliphatic rings. The third-order valence-corrected chi connectivity index (χ3v) is 5.41. The van der Waals surface area contributed by atoms with E-state index in [0.29, 0.717) is 31.5 Å². The summed E-state index contributed by atoms with van der Waals surface area (Å²) < 4.78 is 38.3. The first-order valence-electron chi connectivity index (χ1n) is 8.18. The molecule has 0 spiro atoms. The molecule has 0 saturated carbocycles. The molecule has 5 nitrogen and oxygen atoms in total. The van der Waals surface area contributed by atoms with Crippen LogP contribution in [0.25, 0.3) is 0 Å². The third kappa shape index (κ3) is 4.03. The molecule has 0 N–H and O–H groups in total. The molecule has 140 valence electrons. The number of halogens is 3. The van der Waals surface area contributed by atoms with Gasteiger partial charge < -0.3 is 4.90 Å². The topological polar surface area (TPSA) is 57.7 Å². The number of hydrogen-bond donors (Lipinski definition) is 0. The van der Waals surface area contributed by atoms with Gasteiger partial charge in [0, 0.05) is 19.1 Å². The molecule has 1 aromatic rings. The summed E-state index contributed by atoms with van der Waals surface area (Å²) in [5.41, 5.74) is -0.460. The Labute approximate surface area is 152 Å². The van der Waals surface area contributed by atoms with Gasteiger partial charge in [-0.05, 0) is 24.5 Å². The quantitative estimate of drug-likeness (QED) is 0.802. The number of alkyl halides is 3. The highest BCUT2D eigenvalue weighted by molar-refractivity contribution is 8.14. The highest BCUT2D eigenvalue weighted by atomic mass is 32.2. The van der Waals surface area contributed by atoms with Gasteiger partial charge in [-0.15, -0.1) is 0 Å². The van der Waals surface area contributed by atoms with Crippen LogP contribution in [0.5, 0.6) is 0 Å². The summed E-state index contributed by atoms with van der Waals surface area (Å²) in [6, 6.07) is 4.55. The Morgan fingerprint density at radius 1 is 1.19 bits per heavy atom. The molecule has 2 aliphatic heterocycles. The Hall–Kier alpha value is -2.03. The molecule has 3 amide bonds. The van der Waals surface area contributed by atoms with Crippen LogP contribution in [0.2, 0.25) is 0 Å². The largest absolute Gasteiger partial charge is 0.416 e. The van der Waals surface area contributed by atoms with Gasteiger partial charge in [0.25, 0.3) is 5.24 Å². The van der Waals surface area contributed by atoms with Crippen LogP contribution in [0.15, 0.2) is 24.3 Å². The number of carbonyl (C=O) groups excluding carboxylic acids is 3. The van der Waals surface area contributed by atoms with E-state index in [9.17, 15) is 27.6 Å². The first kappa shape index (κ1) is 18.8. The number of benzene rings is 1. The van der Waals surface area contributed by atoms with Gasteiger partial charge >= 0.3 is 6.18 Å². The number of carbonyl (C=O) groups is 3. The SMILES string of the molecule is O=C(Cc1cccc(C(F)(F)F)c1)N1CCC(N2C(=O)CSC2=O)CC1. The number of piperidine rings is 1. The van der Waals surface area contributed by atoms with Crippen LogP contribution in [0.3, 0.4) is 0 Å². The molecule has 0 aliphatic carbocycles. The smallest absolute Gasteiger partial charge is 0.342 e. The average molecular weight is 386 g/mol. The normalized spacial score (nSPS) is 19.3. The van der Waals surface area contributed by atoms with Gasteiger partial charge in [-0.2, -0.15) is 13.2 Å². The van der Waals surface area contributed by atoms with Crippen LogP contribution in [-0.2, 0) is 22.2 Å². The number of thioether (sulfide) groups is 1. The molecule has 0 bridgehead atoms. The second kappa shape index (κ2) is 7.30. The van der Waals surface area contributed by atoms with E-state index in [2.05, 4.69) is 0 Å². The Morgan fingerprint density at radius 3 is 2.46 bits per heavy atom. The molecule has 1 aromatic carbocycles. The number of rotatable bonds is 3. The van der Waals surface area contributed by atoms with Crippen LogP contribution < -0.4 is 0 Å². The maximum atomic E-state index is 12.8. The van der Waals surface area contributed by atoms with Crippen molar-refractivity contribution in [2.24, 2.45) is 0 Å². The van der Waals surface area contributed by atoms with E-state index >= 15 is 0 Å². The molecule has 26 heavy (non-hydrogen) atoms. The lowest BCUT2D eigenvalue weighted by Gasteiger charge is -2.35. The second-order valence-corrected chi connectivity index (χ2v) is 7.23. The van der Waals surface area contributed by atoms with Gasteiger partial charge in [-0.3, -0.25) is 19.3 Å². The average Bonchev–Trinajstić information content (AvgIpc) is 2.93. The predicted octanol–water partition coefficient (Wildman–Crippen LogP) is 2.93. The van der Waals surface area contributed by atoms with Crippen molar-refractivity contribution in [1.82, 2.24) is 9.80 Å². The summed E-state index contributed by atoms with van der Waals surface area (Å²) >= 11 is 0.984. The summed E-state index contributed by atoms with van der Waals surface area (Å²) in [6.07, 6.45) is -3.56. The number of imide groups is 1. The maximum absolute atomic E-state index is 12.8. The van der Waals surface area contributed by atoms with E-state index < -0.39 is 11.7 Å². The van der Waals surface area contributed by atoms with E-state index in [4.69, 9.17) is 0 Å². The molecule has 0 unspecified atom stereocenters. The fourth-order valence-corrected chi connectivity index (χ4v) is 4.01. The molecule has 9 heteroatoms. The van der Waals surface area contributed by atoms with E-state index in [1.54, 1.807) is 4.90 Å². The van der Waals surface area contributed by atoms with Crippen molar-refractivity contribution in [3.63, 3.8) is 0 Å². The maximum Gasteiger partial charge on any atom is 0.416 e. The van der Waals surface area contributed by atoms with Crippen molar-refractivity contribution >= 4 is 28.8 Å². The fraction of sp³-hybridized carbons (Fsp3) is 0.471. The zero-order chi connectivity index (χ0) is 18.9. The zero-order valence-corrected chi connectivity index (χ0v) is 14.6. The van der Waals surface area contributed by atoms with Crippen LogP contribution in [0.4, 0.5) is 18.0 Å². The number of hydrogen-bond acceptors (Lipinski definition) is 4. The highest BCUT2D eigenvalue weighted by Crippen LogP contribution is 2.30. The highest BCUT2D eigenvalue weighted by Gasteiger charge is 2.38. The zero-order valence-electron chi connectivity index (χ0n) is 13.8.